The smallest absolute Gasteiger partial charge is 0.0719 e. The van der Waals surface area contributed by atoms with Crippen molar-refractivity contribution in [3.05, 3.63) is 238 Å². The normalized spacial score (nSPS) is 16.7. The van der Waals surface area contributed by atoms with Gasteiger partial charge in [-0.2, -0.15) is 0 Å². The Morgan fingerprint density at radius 2 is 1.44 bits per heavy atom. The van der Waals surface area contributed by atoms with Crippen LogP contribution in [0, 0.1) is 0 Å². The van der Waals surface area contributed by atoms with Gasteiger partial charge in [0, 0.05) is 11.8 Å². The zero-order valence-corrected chi connectivity index (χ0v) is 31.6. The maximum atomic E-state index is 5.10. The molecule has 1 heteroatoms. The van der Waals surface area contributed by atoms with Gasteiger partial charge in [-0.25, -0.2) is 0 Å². The average molecular weight is 708 g/mol. The lowest BCUT2D eigenvalue weighted by atomic mass is 9.63. The molecule has 0 saturated carbocycles. The summed E-state index contributed by atoms with van der Waals surface area (Å²) in [5.74, 6) is 0. The first kappa shape index (κ1) is 34.5. The van der Waals surface area contributed by atoms with E-state index in [9.17, 15) is 0 Å². The van der Waals surface area contributed by atoms with Crippen LogP contribution < -0.4 is 0 Å². The van der Waals surface area contributed by atoms with Crippen LogP contribution >= 0.6 is 0 Å². The number of hydrogen-bond donors (Lipinski definition) is 0. The minimum absolute atomic E-state index is 0.568. The van der Waals surface area contributed by atoms with Gasteiger partial charge in [0.15, 0.2) is 0 Å². The molecule has 0 saturated heterocycles. The van der Waals surface area contributed by atoms with Crippen LogP contribution in [-0.4, -0.2) is 6.21 Å². The Balaban J connectivity index is 1.25. The van der Waals surface area contributed by atoms with Crippen LogP contribution in [0.2, 0.25) is 0 Å². The molecule has 1 unspecified atom stereocenters. The number of nitrogens with zero attached hydrogens (tertiary/aromatic N) is 1. The van der Waals surface area contributed by atoms with Crippen molar-refractivity contribution in [1.29, 1.82) is 0 Å². The largest absolute Gasteiger partial charge is 0.288 e. The minimum Gasteiger partial charge on any atom is -0.288 e. The third-order valence-corrected chi connectivity index (χ3v) is 11.9. The second-order valence-electron chi connectivity index (χ2n) is 14.9. The van der Waals surface area contributed by atoms with Gasteiger partial charge >= 0.3 is 0 Å². The molecule has 6 aromatic rings. The first-order valence-electron chi connectivity index (χ1n) is 19.6. The van der Waals surface area contributed by atoms with Gasteiger partial charge in [0.2, 0.25) is 0 Å². The molecule has 0 aliphatic heterocycles. The van der Waals surface area contributed by atoms with E-state index in [2.05, 4.69) is 184 Å². The number of hydrogen-bond acceptors (Lipinski definition) is 1. The van der Waals surface area contributed by atoms with Gasteiger partial charge in [-0.15, -0.1) is 0 Å². The minimum atomic E-state index is -0.568. The number of rotatable bonds is 10. The van der Waals surface area contributed by atoms with Crippen LogP contribution in [0.4, 0.5) is 0 Å². The van der Waals surface area contributed by atoms with Crippen LogP contribution in [0.1, 0.15) is 75.4 Å². The fraction of sp³-hybridized carbons (Fsp3) is 0.130. The van der Waals surface area contributed by atoms with Crippen LogP contribution in [0.5, 0.6) is 0 Å². The van der Waals surface area contributed by atoms with Crippen molar-refractivity contribution >= 4 is 17.4 Å². The van der Waals surface area contributed by atoms with E-state index in [1.54, 1.807) is 0 Å². The van der Waals surface area contributed by atoms with Gasteiger partial charge in [-0.1, -0.05) is 177 Å². The van der Waals surface area contributed by atoms with Crippen molar-refractivity contribution in [2.45, 2.75) is 44.6 Å². The highest BCUT2D eigenvalue weighted by molar-refractivity contribution is 5.99. The molecule has 0 bridgehead atoms. The molecular formula is C54H45N. The summed E-state index contributed by atoms with van der Waals surface area (Å²) < 4.78 is 0. The van der Waals surface area contributed by atoms with Crippen LogP contribution in [-0.2, 0) is 24.8 Å². The summed E-state index contributed by atoms with van der Waals surface area (Å²) in [6.45, 7) is 11.4. The Morgan fingerprint density at radius 3 is 2.27 bits per heavy atom. The Kier molecular flexibility index (Phi) is 9.08. The summed E-state index contributed by atoms with van der Waals surface area (Å²) in [5, 5.41) is 0. The van der Waals surface area contributed by atoms with Gasteiger partial charge in [-0.3, -0.25) is 4.99 Å². The molecule has 9 rings (SSSR count). The first-order valence-corrected chi connectivity index (χ1v) is 19.6. The molecule has 266 valence electrons. The average Bonchev–Trinajstić information content (AvgIpc) is 3.78. The summed E-state index contributed by atoms with van der Waals surface area (Å²) >= 11 is 0. The predicted molar refractivity (Wildman–Crippen MR) is 234 cm³/mol. The van der Waals surface area contributed by atoms with Crippen molar-refractivity contribution in [2.24, 2.45) is 4.99 Å². The maximum absolute atomic E-state index is 5.10. The van der Waals surface area contributed by atoms with Crippen LogP contribution in [0.15, 0.2) is 188 Å². The second kappa shape index (κ2) is 14.5. The molecule has 0 spiro atoms. The maximum Gasteiger partial charge on any atom is 0.0719 e. The molecule has 3 aliphatic rings. The lowest BCUT2D eigenvalue weighted by Crippen LogP contribution is -2.32. The van der Waals surface area contributed by atoms with E-state index in [1.807, 2.05) is 6.08 Å². The van der Waals surface area contributed by atoms with Crippen molar-refractivity contribution in [1.82, 2.24) is 0 Å². The summed E-state index contributed by atoms with van der Waals surface area (Å²) in [6, 6.07) is 49.2. The summed E-state index contributed by atoms with van der Waals surface area (Å²) in [7, 11) is 0. The van der Waals surface area contributed by atoms with E-state index < -0.39 is 5.41 Å². The highest BCUT2D eigenvalue weighted by Gasteiger charge is 2.49. The van der Waals surface area contributed by atoms with Crippen LogP contribution in [0.3, 0.4) is 0 Å². The first-order chi connectivity index (χ1) is 27.1. The lowest BCUT2D eigenvalue weighted by molar-refractivity contribution is 0.746. The number of fused-ring (bicyclic) bond motifs is 5. The summed E-state index contributed by atoms with van der Waals surface area (Å²) in [4.78, 5) is 5.10. The molecule has 55 heavy (non-hydrogen) atoms. The van der Waals surface area contributed by atoms with E-state index >= 15 is 0 Å². The second-order valence-corrected chi connectivity index (χ2v) is 14.9. The zero-order chi connectivity index (χ0) is 37.4. The molecule has 0 aromatic heterocycles. The number of benzene rings is 6. The molecule has 0 fully saturated rings. The third kappa shape index (κ3) is 5.74. The number of allylic oxidation sites excluding steroid dienone is 8. The molecule has 0 N–H and O–H groups in total. The molecule has 0 radical (unpaired) electrons. The van der Waals surface area contributed by atoms with Gasteiger partial charge in [0.05, 0.1) is 12.0 Å². The standard InChI is InChI=1S/C54H45N/c1-4-6-21-46-43(37(3)5-2)24-15-27-49(46)54(51-28-16-25-45-44-22-11-10-19-41(44)34-48(45)51)50-26-13-12-23-47(50)53-42(20-14-29-52(53)54)36-55-35-38-30-32-40(33-31-38)39-17-8-7-9-18-39/h4-10,12-20,23-33,36H,2-3,11,21-22,34-35H2,1H3/b6-4-,55-36?. The fourth-order valence-electron chi connectivity index (χ4n) is 9.47. The molecule has 1 atom stereocenters. The highest BCUT2D eigenvalue weighted by atomic mass is 14.7. The van der Waals surface area contributed by atoms with E-state index in [-0.39, 0.29) is 0 Å². The van der Waals surface area contributed by atoms with Crippen LogP contribution in [0.25, 0.3) is 33.4 Å². The zero-order valence-electron chi connectivity index (χ0n) is 31.6. The third-order valence-electron chi connectivity index (χ3n) is 11.9. The monoisotopic (exact) mass is 707 g/mol. The van der Waals surface area contributed by atoms with Crippen molar-refractivity contribution in [2.75, 3.05) is 0 Å². The highest BCUT2D eigenvalue weighted by Crippen LogP contribution is 2.60. The molecule has 0 amide bonds. The Bertz CT molecular complexity index is 2590. The van der Waals surface area contributed by atoms with Gasteiger partial charge in [-0.05, 0) is 122 Å². The molecule has 3 aliphatic carbocycles. The summed E-state index contributed by atoms with van der Waals surface area (Å²) in [6.07, 6.45) is 17.1. The van der Waals surface area contributed by atoms with E-state index in [0.29, 0.717) is 6.54 Å². The lowest BCUT2D eigenvalue weighted by Gasteiger charge is -2.38. The van der Waals surface area contributed by atoms with Crippen molar-refractivity contribution in [3.8, 4) is 22.3 Å². The SMILES string of the molecule is C=CC(=C)c1cccc(C2(c3cccc4c3CC3=C4CCC=C3)c3ccccc3-c3c(C=NCc4ccc(-c5ccccc5)cc4)cccc32)c1C/C=C\C. The molecule has 1 nitrogen and oxygen atoms in total. The Morgan fingerprint density at radius 1 is 0.727 bits per heavy atom. The van der Waals surface area contributed by atoms with E-state index in [4.69, 9.17) is 4.99 Å². The van der Waals surface area contributed by atoms with Crippen molar-refractivity contribution < 1.29 is 0 Å². The molecular weight excluding hydrogens is 663 g/mol. The molecule has 0 heterocycles. The van der Waals surface area contributed by atoms with E-state index in [1.165, 1.54) is 77.9 Å². The Labute approximate surface area is 326 Å². The predicted octanol–water partition coefficient (Wildman–Crippen LogP) is 13.3. The van der Waals surface area contributed by atoms with Gasteiger partial charge in [0.1, 0.15) is 0 Å². The number of aliphatic imine (C=N–C) groups is 1. The topological polar surface area (TPSA) is 12.4 Å². The molecule has 6 aromatic carbocycles. The fourth-order valence-corrected chi connectivity index (χ4v) is 9.47. The quantitative estimate of drug-likeness (QED) is 0.0762. The summed E-state index contributed by atoms with van der Waals surface area (Å²) in [5.41, 5.74) is 21.3. The van der Waals surface area contributed by atoms with E-state index in [0.717, 1.165) is 42.4 Å². The van der Waals surface area contributed by atoms with Crippen molar-refractivity contribution in [3.63, 3.8) is 0 Å². The van der Waals surface area contributed by atoms with Gasteiger partial charge in [0.25, 0.3) is 0 Å². The Hall–Kier alpha value is -6.31. The van der Waals surface area contributed by atoms with Gasteiger partial charge < -0.3 is 0 Å².